The van der Waals surface area contributed by atoms with E-state index in [1.165, 1.54) is 40.8 Å². The van der Waals surface area contributed by atoms with Crippen LogP contribution < -0.4 is 11.1 Å². The summed E-state index contributed by atoms with van der Waals surface area (Å²) in [5.41, 5.74) is 10.9. The molecule has 0 atom stereocenters. The Balaban J connectivity index is 1.91. The van der Waals surface area contributed by atoms with Gasteiger partial charge in [-0.1, -0.05) is 12.1 Å². The van der Waals surface area contributed by atoms with E-state index in [1.54, 1.807) is 11.3 Å². The van der Waals surface area contributed by atoms with Gasteiger partial charge in [-0.25, -0.2) is 4.98 Å². The van der Waals surface area contributed by atoms with Gasteiger partial charge in [-0.2, -0.15) is 0 Å². The molecule has 3 rings (SSSR count). The van der Waals surface area contributed by atoms with Crippen molar-refractivity contribution in [2.45, 2.75) is 26.2 Å². The fraction of sp³-hybridized carbons (Fsp3) is 0.400. The SMILES string of the molecule is Cc1sc(NCCN)nc1-c1ccc2c(c1)CCC2. The van der Waals surface area contributed by atoms with E-state index in [0.29, 0.717) is 6.54 Å². The summed E-state index contributed by atoms with van der Waals surface area (Å²) in [6.07, 6.45) is 3.73. The first-order chi connectivity index (χ1) is 9.28. The highest BCUT2D eigenvalue weighted by Gasteiger charge is 2.14. The van der Waals surface area contributed by atoms with E-state index >= 15 is 0 Å². The summed E-state index contributed by atoms with van der Waals surface area (Å²) in [5.74, 6) is 0. The number of rotatable bonds is 4. The zero-order valence-corrected chi connectivity index (χ0v) is 12.0. The molecule has 1 aliphatic carbocycles. The van der Waals surface area contributed by atoms with E-state index in [-0.39, 0.29) is 0 Å². The lowest BCUT2D eigenvalue weighted by molar-refractivity contribution is 0.912. The second-order valence-electron chi connectivity index (χ2n) is 4.98. The molecule has 3 nitrogen and oxygen atoms in total. The topological polar surface area (TPSA) is 50.9 Å². The smallest absolute Gasteiger partial charge is 0.183 e. The molecular weight excluding hydrogens is 254 g/mol. The second kappa shape index (κ2) is 5.31. The number of anilines is 1. The Hall–Kier alpha value is -1.39. The van der Waals surface area contributed by atoms with Crippen LogP contribution in [0.3, 0.4) is 0 Å². The molecule has 0 spiro atoms. The third kappa shape index (κ3) is 2.51. The summed E-state index contributed by atoms with van der Waals surface area (Å²) in [7, 11) is 0. The Kier molecular flexibility index (Phi) is 3.53. The Bertz CT molecular complexity index is 589. The molecule has 1 aromatic heterocycles. The fourth-order valence-corrected chi connectivity index (χ4v) is 3.50. The maximum absolute atomic E-state index is 5.51. The highest BCUT2D eigenvalue weighted by molar-refractivity contribution is 7.16. The van der Waals surface area contributed by atoms with Crippen LogP contribution in [0.5, 0.6) is 0 Å². The molecule has 1 aliphatic rings. The molecule has 0 bridgehead atoms. The van der Waals surface area contributed by atoms with Gasteiger partial charge in [-0.15, -0.1) is 11.3 Å². The molecule has 2 aromatic rings. The summed E-state index contributed by atoms with van der Waals surface area (Å²) >= 11 is 1.70. The van der Waals surface area contributed by atoms with E-state index in [1.807, 2.05) is 0 Å². The van der Waals surface area contributed by atoms with Crippen LogP contribution in [0.1, 0.15) is 22.4 Å². The number of thiazole rings is 1. The Morgan fingerprint density at radius 1 is 1.32 bits per heavy atom. The number of hydrogen-bond acceptors (Lipinski definition) is 4. The molecular formula is C15H19N3S. The second-order valence-corrected chi connectivity index (χ2v) is 6.18. The van der Waals surface area contributed by atoms with Crippen molar-refractivity contribution >= 4 is 16.5 Å². The molecule has 1 aromatic carbocycles. The number of benzene rings is 1. The van der Waals surface area contributed by atoms with Crippen LogP contribution in [0.25, 0.3) is 11.3 Å². The van der Waals surface area contributed by atoms with Gasteiger partial charge >= 0.3 is 0 Å². The Labute approximate surface area is 117 Å². The van der Waals surface area contributed by atoms with Gasteiger partial charge in [0.25, 0.3) is 0 Å². The van der Waals surface area contributed by atoms with E-state index in [0.717, 1.165) is 17.4 Å². The summed E-state index contributed by atoms with van der Waals surface area (Å²) in [6.45, 7) is 3.54. The maximum atomic E-state index is 5.51. The van der Waals surface area contributed by atoms with Gasteiger partial charge < -0.3 is 11.1 Å². The van der Waals surface area contributed by atoms with Crippen molar-refractivity contribution in [1.82, 2.24) is 4.98 Å². The van der Waals surface area contributed by atoms with Crippen LogP contribution in [-0.4, -0.2) is 18.1 Å². The molecule has 19 heavy (non-hydrogen) atoms. The lowest BCUT2D eigenvalue weighted by atomic mass is 10.0. The van der Waals surface area contributed by atoms with Crippen LogP contribution in [0.15, 0.2) is 18.2 Å². The largest absolute Gasteiger partial charge is 0.360 e. The maximum Gasteiger partial charge on any atom is 0.183 e. The molecule has 0 aliphatic heterocycles. The van der Waals surface area contributed by atoms with E-state index in [2.05, 4.69) is 30.4 Å². The van der Waals surface area contributed by atoms with Gasteiger partial charge in [0.05, 0.1) is 5.69 Å². The van der Waals surface area contributed by atoms with Crippen molar-refractivity contribution in [2.75, 3.05) is 18.4 Å². The standard InChI is InChI=1S/C15H19N3S/c1-10-14(18-15(19-10)17-8-7-16)13-6-5-11-3-2-4-12(11)9-13/h5-6,9H,2-4,7-8,16H2,1H3,(H,17,18). The first kappa shape index (κ1) is 12.6. The zero-order valence-electron chi connectivity index (χ0n) is 11.2. The molecule has 0 saturated heterocycles. The van der Waals surface area contributed by atoms with Gasteiger partial charge in [-0.3, -0.25) is 0 Å². The minimum Gasteiger partial charge on any atom is -0.360 e. The van der Waals surface area contributed by atoms with Crippen molar-refractivity contribution in [3.05, 3.63) is 34.2 Å². The number of aryl methyl sites for hydroxylation is 3. The average molecular weight is 273 g/mol. The molecule has 0 fully saturated rings. The van der Waals surface area contributed by atoms with Crippen molar-refractivity contribution in [3.8, 4) is 11.3 Å². The zero-order chi connectivity index (χ0) is 13.2. The predicted octanol–water partition coefficient (Wildman–Crippen LogP) is 2.98. The van der Waals surface area contributed by atoms with Crippen LogP contribution in [0.4, 0.5) is 5.13 Å². The lowest BCUT2D eigenvalue weighted by Gasteiger charge is -2.03. The monoisotopic (exact) mass is 273 g/mol. The predicted molar refractivity (Wildman–Crippen MR) is 81.9 cm³/mol. The Morgan fingerprint density at radius 3 is 3.00 bits per heavy atom. The number of nitrogens with one attached hydrogen (secondary N) is 1. The van der Waals surface area contributed by atoms with Crippen molar-refractivity contribution in [3.63, 3.8) is 0 Å². The molecule has 0 radical (unpaired) electrons. The summed E-state index contributed by atoms with van der Waals surface area (Å²) in [5, 5.41) is 4.23. The Morgan fingerprint density at radius 2 is 2.16 bits per heavy atom. The van der Waals surface area contributed by atoms with Crippen molar-refractivity contribution in [2.24, 2.45) is 5.73 Å². The van der Waals surface area contributed by atoms with Crippen molar-refractivity contribution in [1.29, 1.82) is 0 Å². The van der Waals surface area contributed by atoms with Gasteiger partial charge in [0, 0.05) is 23.5 Å². The van der Waals surface area contributed by atoms with Crippen LogP contribution in [-0.2, 0) is 12.8 Å². The summed E-state index contributed by atoms with van der Waals surface area (Å²) in [4.78, 5) is 5.96. The van der Waals surface area contributed by atoms with Crippen LogP contribution in [0, 0.1) is 6.92 Å². The van der Waals surface area contributed by atoms with E-state index < -0.39 is 0 Å². The number of fused-ring (bicyclic) bond motifs is 1. The van der Waals surface area contributed by atoms with Gasteiger partial charge in [0.15, 0.2) is 5.13 Å². The average Bonchev–Trinajstić information content (AvgIpc) is 3.01. The first-order valence-corrected chi connectivity index (χ1v) is 7.63. The molecule has 4 heteroatoms. The molecule has 0 amide bonds. The first-order valence-electron chi connectivity index (χ1n) is 6.81. The lowest BCUT2D eigenvalue weighted by Crippen LogP contribution is -2.12. The van der Waals surface area contributed by atoms with E-state index in [4.69, 9.17) is 10.7 Å². The molecule has 1 heterocycles. The highest BCUT2D eigenvalue weighted by atomic mass is 32.1. The number of aromatic nitrogens is 1. The van der Waals surface area contributed by atoms with Crippen molar-refractivity contribution < 1.29 is 0 Å². The summed E-state index contributed by atoms with van der Waals surface area (Å²) in [6, 6.07) is 6.79. The minimum atomic E-state index is 0.632. The van der Waals surface area contributed by atoms with E-state index in [9.17, 15) is 0 Å². The number of nitrogens with zero attached hydrogens (tertiary/aromatic N) is 1. The quantitative estimate of drug-likeness (QED) is 0.900. The number of hydrogen-bond donors (Lipinski definition) is 2. The molecule has 0 saturated carbocycles. The molecule has 3 N–H and O–H groups in total. The summed E-state index contributed by atoms with van der Waals surface area (Å²) < 4.78 is 0. The molecule has 0 unspecified atom stereocenters. The minimum absolute atomic E-state index is 0.632. The number of nitrogens with two attached hydrogens (primary N) is 1. The van der Waals surface area contributed by atoms with Gasteiger partial charge in [-0.05, 0) is 43.4 Å². The highest BCUT2D eigenvalue weighted by Crippen LogP contribution is 2.33. The fourth-order valence-electron chi connectivity index (χ4n) is 2.64. The van der Waals surface area contributed by atoms with Crippen LogP contribution in [0.2, 0.25) is 0 Å². The normalized spacial score (nSPS) is 13.6. The third-order valence-corrected chi connectivity index (χ3v) is 4.52. The van der Waals surface area contributed by atoms with Gasteiger partial charge in [0.1, 0.15) is 0 Å². The molecule has 100 valence electrons. The van der Waals surface area contributed by atoms with Gasteiger partial charge in [0.2, 0.25) is 0 Å². The van der Waals surface area contributed by atoms with Crippen LogP contribution >= 0.6 is 11.3 Å². The third-order valence-electron chi connectivity index (χ3n) is 3.59.